The van der Waals surface area contributed by atoms with Crippen molar-refractivity contribution in [3.63, 3.8) is 0 Å². The third kappa shape index (κ3) is 5.51. The first-order valence-corrected chi connectivity index (χ1v) is 13.3. The number of amides is 1. The van der Waals surface area contributed by atoms with Gasteiger partial charge in [0, 0.05) is 23.8 Å². The summed E-state index contributed by atoms with van der Waals surface area (Å²) in [6.07, 6.45) is 6.94. The van der Waals surface area contributed by atoms with Gasteiger partial charge in [0.2, 0.25) is 5.91 Å². The van der Waals surface area contributed by atoms with Crippen molar-refractivity contribution < 1.29 is 14.7 Å². The number of nitrogens with one attached hydrogen (secondary N) is 3. The van der Waals surface area contributed by atoms with E-state index in [1.165, 1.54) is 6.92 Å². The quantitative estimate of drug-likeness (QED) is 0.320. The summed E-state index contributed by atoms with van der Waals surface area (Å²) in [6, 6.07) is 7.05. The average Bonchev–Trinajstić information content (AvgIpc) is 3.43. The summed E-state index contributed by atoms with van der Waals surface area (Å²) in [4.78, 5) is 34.3. The van der Waals surface area contributed by atoms with Gasteiger partial charge in [-0.15, -0.1) is 0 Å². The number of phenolic OH excluding ortho intramolecular Hbond substituents is 1. The number of anilines is 1. The third-order valence-corrected chi connectivity index (χ3v) is 7.78. The predicted octanol–water partition coefficient (Wildman–Crippen LogP) is 5.10. The van der Waals surface area contributed by atoms with E-state index in [-0.39, 0.29) is 45.6 Å². The number of nitrogens with zero attached hydrogens (tertiary/aromatic N) is 2. The highest BCUT2D eigenvalue weighted by Crippen LogP contribution is 2.37. The lowest BCUT2D eigenvalue weighted by molar-refractivity contribution is -0.123. The number of fused-ring (bicyclic) bond motifs is 1. The molecule has 2 fully saturated rings. The van der Waals surface area contributed by atoms with Gasteiger partial charge in [-0.1, -0.05) is 23.2 Å². The maximum atomic E-state index is 12.5. The Labute approximate surface area is 225 Å². The highest BCUT2D eigenvalue weighted by molar-refractivity contribution is 6.37. The fourth-order valence-electron chi connectivity index (χ4n) is 5.15. The summed E-state index contributed by atoms with van der Waals surface area (Å²) in [5.41, 5.74) is 3.58. The molecule has 10 heteroatoms. The van der Waals surface area contributed by atoms with Gasteiger partial charge in [0.1, 0.15) is 5.52 Å². The van der Waals surface area contributed by atoms with Crippen LogP contribution in [0.5, 0.6) is 5.75 Å². The van der Waals surface area contributed by atoms with Crippen molar-refractivity contribution in [1.82, 2.24) is 20.6 Å². The summed E-state index contributed by atoms with van der Waals surface area (Å²) in [6.45, 7) is 2.41. The number of benzene rings is 1. The van der Waals surface area contributed by atoms with Crippen LogP contribution in [0.4, 0.5) is 5.69 Å². The molecule has 0 bridgehead atoms. The maximum Gasteiger partial charge on any atom is 0.237 e. The van der Waals surface area contributed by atoms with Gasteiger partial charge >= 0.3 is 0 Å². The summed E-state index contributed by atoms with van der Waals surface area (Å²) >= 11 is 12.3. The van der Waals surface area contributed by atoms with Gasteiger partial charge < -0.3 is 21.1 Å². The first kappa shape index (κ1) is 25.7. The Kier molecular flexibility index (Phi) is 7.51. The number of aromatic nitrogens is 2. The van der Waals surface area contributed by atoms with Gasteiger partial charge in [0.25, 0.3) is 0 Å². The third-order valence-electron chi connectivity index (χ3n) is 7.20. The lowest BCUT2D eigenvalue weighted by Crippen LogP contribution is -2.47. The summed E-state index contributed by atoms with van der Waals surface area (Å²) in [5.74, 6) is -0.189. The van der Waals surface area contributed by atoms with Crippen molar-refractivity contribution in [1.29, 1.82) is 0 Å². The van der Waals surface area contributed by atoms with Crippen LogP contribution in [-0.4, -0.2) is 51.4 Å². The normalized spacial score (nSPS) is 21.6. The maximum absolute atomic E-state index is 12.5. The molecule has 8 nitrogen and oxygen atoms in total. The molecule has 1 aliphatic heterocycles. The van der Waals surface area contributed by atoms with E-state index in [1.807, 2.05) is 6.07 Å². The smallest absolute Gasteiger partial charge is 0.237 e. The second-order valence-corrected chi connectivity index (χ2v) is 10.6. The average molecular weight is 542 g/mol. The van der Waals surface area contributed by atoms with Crippen molar-refractivity contribution in [3.8, 4) is 17.0 Å². The van der Waals surface area contributed by atoms with Gasteiger partial charge in [-0.25, -0.2) is 4.98 Å². The number of hydrogen-bond acceptors (Lipinski definition) is 7. The van der Waals surface area contributed by atoms with Crippen LogP contribution >= 0.6 is 23.2 Å². The number of rotatable bonds is 6. The molecule has 1 amide bonds. The Hall–Kier alpha value is -2.94. The number of ketones is 1. The number of aromatic hydroxyl groups is 1. The van der Waals surface area contributed by atoms with Crippen LogP contribution in [0, 0.1) is 0 Å². The van der Waals surface area contributed by atoms with E-state index in [4.69, 9.17) is 28.2 Å². The number of hydrogen-bond donors (Lipinski definition) is 4. The molecular weight excluding hydrogens is 513 g/mol. The van der Waals surface area contributed by atoms with Crippen molar-refractivity contribution in [3.05, 3.63) is 46.1 Å². The van der Waals surface area contributed by atoms with Crippen LogP contribution in [0.15, 0.2) is 30.5 Å². The molecule has 194 valence electrons. The van der Waals surface area contributed by atoms with E-state index in [2.05, 4.69) is 20.9 Å². The lowest BCUT2D eigenvalue weighted by Gasteiger charge is -2.31. The summed E-state index contributed by atoms with van der Waals surface area (Å²) in [7, 11) is 0. The molecule has 3 heterocycles. The molecule has 1 aromatic carbocycles. The van der Waals surface area contributed by atoms with E-state index in [0.717, 1.165) is 45.1 Å². The van der Waals surface area contributed by atoms with E-state index in [9.17, 15) is 14.7 Å². The van der Waals surface area contributed by atoms with Crippen LogP contribution < -0.4 is 16.0 Å². The molecule has 2 aliphatic rings. The zero-order valence-electron chi connectivity index (χ0n) is 20.5. The van der Waals surface area contributed by atoms with Crippen LogP contribution in [0.2, 0.25) is 10.0 Å². The highest BCUT2D eigenvalue weighted by Gasteiger charge is 2.28. The van der Waals surface area contributed by atoms with Gasteiger partial charge in [0.15, 0.2) is 11.5 Å². The topological polar surface area (TPSA) is 116 Å². The van der Waals surface area contributed by atoms with Crippen LogP contribution in [-0.2, 0) is 4.79 Å². The number of halogens is 2. The number of carbonyl (C=O) groups excluding carboxylic acids is 2. The fourth-order valence-corrected chi connectivity index (χ4v) is 5.64. The minimum Gasteiger partial charge on any atom is -0.505 e. The Morgan fingerprint density at radius 3 is 2.41 bits per heavy atom. The molecular formula is C27H29Cl2N5O3. The van der Waals surface area contributed by atoms with Gasteiger partial charge in [-0.05, 0) is 76.3 Å². The molecule has 1 aliphatic carbocycles. The van der Waals surface area contributed by atoms with Gasteiger partial charge in [-0.3, -0.25) is 14.6 Å². The molecule has 5 rings (SSSR count). The van der Waals surface area contributed by atoms with Crippen LogP contribution in [0.25, 0.3) is 22.3 Å². The zero-order chi connectivity index (χ0) is 26.1. The predicted molar refractivity (Wildman–Crippen MR) is 145 cm³/mol. The number of carbonyl (C=O) groups is 2. The molecule has 0 spiro atoms. The number of pyridine rings is 2. The van der Waals surface area contributed by atoms with E-state index >= 15 is 0 Å². The van der Waals surface area contributed by atoms with E-state index in [1.54, 1.807) is 24.4 Å². The monoisotopic (exact) mass is 541 g/mol. The largest absolute Gasteiger partial charge is 0.505 e. The Bertz CT molecular complexity index is 1330. The van der Waals surface area contributed by atoms with Gasteiger partial charge in [0.05, 0.1) is 38.5 Å². The molecule has 4 N–H and O–H groups in total. The zero-order valence-corrected chi connectivity index (χ0v) is 22.0. The van der Waals surface area contributed by atoms with E-state index < -0.39 is 0 Å². The lowest BCUT2D eigenvalue weighted by atomic mass is 9.90. The SMILES string of the molecule is CC(=O)c1cnc2ccc(-c3cc(Cl)c(O)c(Cl)c3)nc2c1NC1CCC(NC(=O)[C@@H]2CCCN2)CC1. The molecule has 37 heavy (non-hydrogen) atoms. The number of Topliss-reactive ketones (excluding diaryl/α,β-unsaturated/α-hetero) is 1. The molecule has 2 aromatic heterocycles. The second-order valence-electron chi connectivity index (χ2n) is 9.81. The van der Waals surface area contributed by atoms with Crippen molar-refractivity contribution in [2.75, 3.05) is 11.9 Å². The van der Waals surface area contributed by atoms with Gasteiger partial charge in [-0.2, -0.15) is 0 Å². The van der Waals surface area contributed by atoms with Crippen molar-refractivity contribution >= 4 is 51.6 Å². The Morgan fingerprint density at radius 2 is 1.76 bits per heavy atom. The Morgan fingerprint density at radius 1 is 1.05 bits per heavy atom. The summed E-state index contributed by atoms with van der Waals surface area (Å²) in [5, 5.41) is 20.2. The first-order valence-electron chi connectivity index (χ1n) is 12.6. The molecule has 1 saturated carbocycles. The molecule has 1 atom stereocenters. The number of phenols is 1. The highest BCUT2D eigenvalue weighted by atomic mass is 35.5. The summed E-state index contributed by atoms with van der Waals surface area (Å²) < 4.78 is 0. The van der Waals surface area contributed by atoms with Crippen molar-refractivity contribution in [2.24, 2.45) is 0 Å². The second kappa shape index (κ2) is 10.8. The molecule has 1 saturated heterocycles. The minimum atomic E-state index is -0.179. The fraction of sp³-hybridized carbons (Fsp3) is 0.407. The molecule has 0 radical (unpaired) electrons. The van der Waals surface area contributed by atoms with E-state index in [0.29, 0.717) is 33.5 Å². The first-order chi connectivity index (χ1) is 17.8. The molecule has 3 aromatic rings. The molecule has 0 unspecified atom stereocenters. The van der Waals surface area contributed by atoms with Crippen LogP contribution in [0.1, 0.15) is 55.8 Å². The standard InChI is InChI=1S/C27H29Cl2N5O3/c1-14(35)18-13-31-22-9-8-21(15-11-19(28)26(36)20(29)12-15)34-25(22)24(18)32-16-4-6-17(7-5-16)33-27(37)23-3-2-10-30-23/h8-9,11-13,16-17,23,30,36H,2-7,10H2,1H3,(H,31,32)(H,33,37)/t16?,17?,23-/m0/s1. The Balaban J connectivity index is 1.38. The van der Waals surface area contributed by atoms with Crippen molar-refractivity contribution in [2.45, 2.75) is 63.6 Å². The minimum absolute atomic E-state index is 0.0734. The van der Waals surface area contributed by atoms with Crippen LogP contribution in [0.3, 0.4) is 0 Å².